The summed E-state index contributed by atoms with van der Waals surface area (Å²) in [6, 6.07) is 4.20. The lowest BCUT2D eigenvalue weighted by atomic mass is 10.2. The van der Waals surface area contributed by atoms with E-state index in [4.69, 9.17) is 4.55 Å². The van der Waals surface area contributed by atoms with Gasteiger partial charge in [-0.3, -0.25) is 9.88 Å². The largest absolute Gasteiger partial charge is 0.380 e. The molecule has 1 aliphatic rings. The Balaban J connectivity index is 1.83. The highest BCUT2D eigenvalue weighted by Crippen LogP contribution is 2.14. The van der Waals surface area contributed by atoms with Crippen molar-refractivity contribution >= 4 is 16.8 Å². The van der Waals surface area contributed by atoms with E-state index in [-0.39, 0.29) is 5.88 Å². The van der Waals surface area contributed by atoms with Gasteiger partial charge in [-0.15, -0.1) is 0 Å². The number of anilines is 1. The Bertz CT molecular complexity index is 360. The number of nitrogens with zero attached hydrogens (tertiary/aromatic N) is 2. The molecular weight excluding hydrogens is 226 g/mol. The summed E-state index contributed by atoms with van der Waals surface area (Å²) in [5.41, 5.74) is 1.000. The van der Waals surface area contributed by atoms with Gasteiger partial charge in [0.05, 0.1) is 5.69 Å². The van der Waals surface area contributed by atoms with Crippen LogP contribution in [0.15, 0.2) is 24.5 Å². The zero-order chi connectivity index (χ0) is 11.4. The highest BCUT2D eigenvalue weighted by atomic mass is 32.2. The predicted octanol–water partition coefficient (Wildman–Crippen LogP) is 0.747. The third kappa shape index (κ3) is 3.26. The van der Waals surface area contributed by atoms with E-state index in [1.54, 1.807) is 12.4 Å². The topological polar surface area (TPSA) is 65.5 Å². The predicted molar refractivity (Wildman–Crippen MR) is 63.5 cm³/mol. The average Bonchev–Trinajstić information content (AvgIpc) is 2.66. The van der Waals surface area contributed by atoms with E-state index in [0.29, 0.717) is 6.04 Å². The van der Waals surface area contributed by atoms with Crippen LogP contribution in [0, 0.1) is 0 Å². The van der Waals surface area contributed by atoms with Crippen LogP contribution in [0.2, 0.25) is 0 Å². The van der Waals surface area contributed by atoms with Crippen molar-refractivity contribution in [3.05, 3.63) is 24.5 Å². The van der Waals surface area contributed by atoms with Gasteiger partial charge in [-0.05, 0) is 18.6 Å². The molecule has 2 unspecified atom stereocenters. The number of hydrogen-bond acceptors (Lipinski definition) is 4. The lowest BCUT2D eigenvalue weighted by Gasteiger charge is -2.15. The van der Waals surface area contributed by atoms with Gasteiger partial charge in [0.15, 0.2) is 11.1 Å². The first kappa shape index (κ1) is 11.5. The van der Waals surface area contributed by atoms with Crippen molar-refractivity contribution in [2.75, 3.05) is 24.3 Å². The third-order valence-corrected chi connectivity index (χ3v) is 3.18. The van der Waals surface area contributed by atoms with Crippen molar-refractivity contribution in [1.29, 1.82) is 0 Å². The van der Waals surface area contributed by atoms with E-state index in [1.165, 1.54) is 0 Å². The molecule has 1 fully saturated rings. The minimum atomic E-state index is -1.73. The van der Waals surface area contributed by atoms with Crippen molar-refractivity contribution in [1.82, 2.24) is 9.88 Å². The molecule has 0 bridgehead atoms. The molecule has 0 aromatic carbocycles. The van der Waals surface area contributed by atoms with E-state index in [2.05, 4.69) is 10.3 Å². The molecule has 2 atom stereocenters. The van der Waals surface area contributed by atoms with Gasteiger partial charge in [0.1, 0.15) is 5.88 Å². The Hall–Kier alpha value is -0.980. The summed E-state index contributed by atoms with van der Waals surface area (Å²) in [6.45, 7) is 1.67. The summed E-state index contributed by atoms with van der Waals surface area (Å²) in [6.07, 6.45) is 4.51. The molecule has 6 heteroatoms. The van der Waals surface area contributed by atoms with Crippen molar-refractivity contribution in [3.8, 4) is 0 Å². The fraction of sp³-hybridized carbons (Fsp3) is 0.500. The molecule has 0 amide bonds. The summed E-state index contributed by atoms with van der Waals surface area (Å²) in [4.78, 5) is 6.02. The van der Waals surface area contributed by atoms with Crippen LogP contribution in [-0.2, 0) is 11.1 Å². The van der Waals surface area contributed by atoms with Gasteiger partial charge in [-0.25, -0.2) is 4.21 Å². The highest BCUT2D eigenvalue weighted by Gasteiger charge is 2.23. The van der Waals surface area contributed by atoms with E-state index in [1.807, 2.05) is 17.0 Å². The second-order valence-electron chi connectivity index (χ2n) is 3.90. The standard InChI is InChI=1S/C10H15N3O2S/c14-16(15)8-13-5-3-10(7-13)12-9-2-1-4-11-6-9/h1-2,4,6,10,12H,3,5,7-8H2,(H,14,15). The Kier molecular flexibility index (Phi) is 3.87. The van der Waals surface area contributed by atoms with E-state index in [0.717, 1.165) is 25.2 Å². The van der Waals surface area contributed by atoms with Gasteiger partial charge in [0.25, 0.3) is 0 Å². The fourth-order valence-electron chi connectivity index (χ4n) is 1.91. The number of rotatable bonds is 4. The van der Waals surface area contributed by atoms with Crippen LogP contribution in [0.3, 0.4) is 0 Å². The fourth-order valence-corrected chi connectivity index (χ4v) is 2.45. The van der Waals surface area contributed by atoms with Gasteiger partial charge in [-0.2, -0.15) is 0 Å². The Morgan fingerprint density at radius 3 is 3.25 bits per heavy atom. The van der Waals surface area contributed by atoms with E-state index in [9.17, 15) is 4.21 Å². The molecular formula is C10H15N3O2S. The molecule has 2 rings (SSSR count). The van der Waals surface area contributed by atoms with Crippen LogP contribution >= 0.6 is 0 Å². The molecule has 1 saturated heterocycles. The lowest BCUT2D eigenvalue weighted by Crippen LogP contribution is -2.28. The zero-order valence-corrected chi connectivity index (χ0v) is 9.69. The maximum Gasteiger partial charge on any atom is 0.167 e. The Labute approximate surface area is 97.2 Å². The molecule has 0 radical (unpaired) electrons. The summed E-state index contributed by atoms with van der Waals surface area (Å²) in [5.74, 6) is 0.241. The van der Waals surface area contributed by atoms with Gasteiger partial charge < -0.3 is 9.87 Å². The maximum absolute atomic E-state index is 10.7. The van der Waals surface area contributed by atoms with Crippen LogP contribution in [-0.4, -0.2) is 43.7 Å². The molecule has 0 spiro atoms. The molecule has 2 N–H and O–H groups in total. The first-order valence-electron chi connectivity index (χ1n) is 5.20. The number of likely N-dealkylation sites (tertiary alicyclic amines) is 1. The summed E-state index contributed by atoms with van der Waals surface area (Å²) in [5, 5.41) is 3.36. The van der Waals surface area contributed by atoms with Crippen LogP contribution < -0.4 is 5.32 Å². The van der Waals surface area contributed by atoms with Crippen molar-refractivity contribution in [2.45, 2.75) is 12.5 Å². The molecule has 1 aromatic heterocycles. The summed E-state index contributed by atoms with van der Waals surface area (Å²) >= 11 is -1.73. The van der Waals surface area contributed by atoms with E-state index < -0.39 is 11.1 Å². The molecule has 16 heavy (non-hydrogen) atoms. The SMILES string of the molecule is O=S(O)CN1CCC(Nc2cccnc2)C1. The Morgan fingerprint density at radius 1 is 1.69 bits per heavy atom. The van der Waals surface area contributed by atoms with Crippen LogP contribution in [0.25, 0.3) is 0 Å². The van der Waals surface area contributed by atoms with Crippen LogP contribution in [0.5, 0.6) is 0 Å². The van der Waals surface area contributed by atoms with Crippen LogP contribution in [0.4, 0.5) is 5.69 Å². The van der Waals surface area contributed by atoms with Crippen LogP contribution in [0.1, 0.15) is 6.42 Å². The number of nitrogens with one attached hydrogen (secondary N) is 1. The quantitative estimate of drug-likeness (QED) is 0.761. The van der Waals surface area contributed by atoms with E-state index >= 15 is 0 Å². The monoisotopic (exact) mass is 241 g/mol. The highest BCUT2D eigenvalue weighted by molar-refractivity contribution is 7.79. The van der Waals surface area contributed by atoms with Crippen molar-refractivity contribution < 1.29 is 8.76 Å². The van der Waals surface area contributed by atoms with Gasteiger partial charge in [0.2, 0.25) is 0 Å². The van der Waals surface area contributed by atoms with Gasteiger partial charge >= 0.3 is 0 Å². The number of aromatic nitrogens is 1. The molecule has 0 saturated carbocycles. The molecule has 1 aliphatic heterocycles. The van der Waals surface area contributed by atoms with Gasteiger partial charge in [0, 0.05) is 31.5 Å². The minimum absolute atomic E-state index is 0.241. The zero-order valence-electron chi connectivity index (χ0n) is 8.87. The van der Waals surface area contributed by atoms with Crippen molar-refractivity contribution in [2.24, 2.45) is 0 Å². The minimum Gasteiger partial charge on any atom is -0.380 e. The van der Waals surface area contributed by atoms with Crippen molar-refractivity contribution in [3.63, 3.8) is 0 Å². The first-order valence-corrected chi connectivity index (χ1v) is 6.48. The molecule has 2 heterocycles. The number of hydrogen-bond donors (Lipinski definition) is 2. The molecule has 5 nitrogen and oxygen atoms in total. The third-order valence-electron chi connectivity index (χ3n) is 2.60. The molecule has 0 aliphatic carbocycles. The second-order valence-corrected chi connectivity index (χ2v) is 4.80. The molecule has 88 valence electrons. The first-order chi connectivity index (χ1) is 7.74. The van der Waals surface area contributed by atoms with Gasteiger partial charge in [-0.1, -0.05) is 0 Å². The number of pyridine rings is 1. The average molecular weight is 241 g/mol. The normalized spacial score (nSPS) is 23.2. The smallest absolute Gasteiger partial charge is 0.167 e. The Morgan fingerprint density at radius 2 is 2.56 bits per heavy atom. The summed E-state index contributed by atoms with van der Waals surface area (Å²) < 4.78 is 19.4. The lowest BCUT2D eigenvalue weighted by molar-refractivity contribution is 0.380. The summed E-state index contributed by atoms with van der Waals surface area (Å²) in [7, 11) is 0. The molecule has 1 aromatic rings. The second kappa shape index (κ2) is 5.38. The maximum atomic E-state index is 10.7.